The highest BCUT2D eigenvalue weighted by Gasteiger charge is 2.41. The highest BCUT2D eigenvalue weighted by molar-refractivity contribution is 7.89. The molecule has 4 rings (SSSR count). The molecule has 0 bridgehead atoms. The SMILES string of the molecule is COc1ccc(S(=O)(=O)N2CC(=O)N3CCc4ccccc4[C@H]3C2)cc1. The molecule has 6 nitrogen and oxygen atoms in total. The Morgan fingerprint density at radius 1 is 1.08 bits per heavy atom. The molecule has 1 fully saturated rings. The Labute approximate surface area is 153 Å². The molecule has 0 unspecified atom stereocenters. The van der Waals surface area contributed by atoms with Gasteiger partial charge in [-0.05, 0) is 41.8 Å². The number of ether oxygens (including phenoxy) is 1. The van der Waals surface area contributed by atoms with Gasteiger partial charge in [0.25, 0.3) is 0 Å². The van der Waals surface area contributed by atoms with Crippen LogP contribution in [0.5, 0.6) is 5.75 Å². The van der Waals surface area contributed by atoms with Gasteiger partial charge < -0.3 is 9.64 Å². The number of hydrogen-bond acceptors (Lipinski definition) is 4. The number of carbonyl (C=O) groups is 1. The number of rotatable bonds is 3. The van der Waals surface area contributed by atoms with Crippen molar-refractivity contribution in [1.82, 2.24) is 9.21 Å². The van der Waals surface area contributed by atoms with Gasteiger partial charge in [0.2, 0.25) is 15.9 Å². The van der Waals surface area contributed by atoms with Crippen LogP contribution in [-0.4, -0.2) is 50.3 Å². The van der Waals surface area contributed by atoms with E-state index in [0.29, 0.717) is 12.3 Å². The third kappa shape index (κ3) is 2.77. The standard InChI is InChI=1S/C19H20N2O4S/c1-25-15-6-8-16(9-7-15)26(23,24)20-12-18-17-5-3-2-4-14(17)10-11-21(18)19(22)13-20/h2-9,18H,10-13H2,1H3/t18-/m1/s1. The molecule has 1 atom stereocenters. The molecule has 2 heterocycles. The quantitative estimate of drug-likeness (QED) is 0.824. The summed E-state index contributed by atoms with van der Waals surface area (Å²) in [4.78, 5) is 14.6. The van der Waals surface area contributed by atoms with Gasteiger partial charge in [-0.2, -0.15) is 4.31 Å². The van der Waals surface area contributed by atoms with E-state index in [-0.39, 0.29) is 29.9 Å². The lowest BCUT2D eigenvalue weighted by Gasteiger charge is -2.44. The van der Waals surface area contributed by atoms with Crippen molar-refractivity contribution in [3.05, 3.63) is 59.7 Å². The predicted molar refractivity (Wildman–Crippen MR) is 96.4 cm³/mol. The zero-order valence-electron chi connectivity index (χ0n) is 14.5. The number of sulfonamides is 1. The van der Waals surface area contributed by atoms with E-state index in [1.165, 1.54) is 29.1 Å². The summed E-state index contributed by atoms with van der Waals surface area (Å²) in [6, 6.07) is 14.0. The summed E-state index contributed by atoms with van der Waals surface area (Å²) in [5, 5.41) is 0. The van der Waals surface area contributed by atoms with E-state index in [1.54, 1.807) is 12.1 Å². The molecule has 1 amide bonds. The monoisotopic (exact) mass is 372 g/mol. The van der Waals surface area contributed by atoms with Crippen molar-refractivity contribution < 1.29 is 17.9 Å². The van der Waals surface area contributed by atoms with Gasteiger partial charge >= 0.3 is 0 Å². The molecule has 2 aliphatic heterocycles. The summed E-state index contributed by atoms with van der Waals surface area (Å²) in [5.41, 5.74) is 2.23. The van der Waals surface area contributed by atoms with Crippen molar-refractivity contribution >= 4 is 15.9 Å². The van der Waals surface area contributed by atoms with E-state index >= 15 is 0 Å². The Morgan fingerprint density at radius 2 is 1.81 bits per heavy atom. The zero-order chi connectivity index (χ0) is 18.3. The molecule has 0 N–H and O–H groups in total. The number of carbonyl (C=O) groups excluding carboxylic acids is 1. The molecule has 7 heteroatoms. The molecule has 2 aliphatic rings. The van der Waals surface area contributed by atoms with E-state index in [9.17, 15) is 13.2 Å². The Bertz CT molecular complexity index is 940. The third-order valence-electron chi connectivity index (χ3n) is 5.12. The molecule has 136 valence electrons. The topological polar surface area (TPSA) is 66.9 Å². The maximum atomic E-state index is 13.0. The summed E-state index contributed by atoms with van der Waals surface area (Å²) >= 11 is 0. The minimum atomic E-state index is -3.74. The zero-order valence-corrected chi connectivity index (χ0v) is 15.3. The normalized spacial score (nSPS) is 20.4. The fourth-order valence-electron chi connectivity index (χ4n) is 3.73. The van der Waals surface area contributed by atoms with Gasteiger partial charge in [0.15, 0.2) is 0 Å². The lowest BCUT2D eigenvalue weighted by Crippen LogP contribution is -2.55. The number of piperazine rings is 1. The van der Waals surface area contributed by atoms with Crippen LogP contribution in [0, 0.1) is 0 Å². The summed E-state index contributed by atoms with van der Waals surface area (Å²) in [5.74, 6) is 0.443. The predicted octanol–water partition coefficient (Wildman–Crippen LogP) is 1.83. The summed E-state index contributed by atoms with van der Waals surface area (Å²) in [7, 11) is -2.21. The Balaban J connectivity index is 1.67. The van der Waals surface area contributed by atoms with E-state index in [0.717, 1.165) is 12.0 Å². The Kier molecular flexibility index (Phi) is 4.20. The van der Waals surface area contributed by atoms with Crippen molar-refractivity contribution in [1.29, 1.82) is 0 Å². The highest BCUT2D eigenvalue weighted by Crippen LogP contribution is 2.34. The van der Waals surface area contributed by atoms with Gasteiger partial charge in [0, 0.05) is 13.1 Å². The van der Waals surface area contributed by atoms with Crippen LogP contribution in [0.3, 0.4) is 0 Å². The van der Waals surface area contributed by atoms with Crippen LogP contribution in [0.2, 0.25) is 0 Å². The van der Waals surface area contributed by atoms with Crippen LogP contribution in [0.15, 0.2) is 53.4 Å². The maximum Gasteiger partial charge on any atom is 0.243 e. The lowest BCUT2D eigenvalue weighted by atomic mass is 9.91. The minimum absolute atomic E-state index is 0.118. The summed E-state index contributed by atoms with van der Waals surface area (Å²) in [6.45, 7) is 0.793. The van der Waals surface area contributed by atoms with Crippen molar-refractivity contribution in [2.24, 2.45) is 0 Å². The average molecular weight is 372 g/mol. The first kappa shape index (κ1) is 17.1. The second-order valence-corrected chi connectivity index (χ2v) is 8.46. The maximum absolute atomic E-state index is 13.0. The van der Waals surface area contributed by atoms with Crippen LogP contribution in [0.25, 0.3) is 0 Å². The molecule has 0 aliphatic carbocycles. The number of benzene rings is 2. The molecule has 2 aromatic carbocycles. The van der Waals surface area contributed by atoms with Gasteiger partial charge in [0.05, 0.1) is 24.6 Å². The number of amides is 1. The van der Waals surface area contributed by atoms with Crippen molar-refractivity contribution in [3.63, 3.8) is 0 Å². The Hall–Kier alpha value is -2.38. The van der Waals surface area contributed by atoms with E-state index in [2.05, 4.69) is 0 Å². The highest BCUT2D eigenvalue weighted by atomic mass is 32.2. The molecular formula is C19H20N2O4S. The van der Waals surface area contributed by atoms with E-state index in [4.69, 9.17) is 4.74 Å². The van der Waals surface area contributed by atoms with Crippen LogP contribution >= 0.6 is 0 Å². The molecule has 0 saturated carbocycles. The molecule has 2 aromatic rings. The molecular weight excluding hydrogens is 352 g/mol. The van der Waals surface area contributed by atoms with Crippen molar-refractivity contribution in [2.75, 3.05) is 26.7 Å². The minimum Gasteiger partial charge on any atom is -0.497 e. The molecule has 0 aromatic heterocycles. The number of hydrogen-bond donors (Lipinski definition) is 0. The summed E-state index contributed by atoms with van der Waals surface area (Å²) < 4.78 is 32.4. The fraction of sp³-hybridized carbons (Fsp3) is 0.316. The van der Waals surface area contributed by atoms with Gasteiger partial charge in [-0.1, -0.05) is 24.3 Å². The average Bonchev–Trinajstić information content (AvgIpc) is 2.67. The molecule has 26 heavy (non-hydrogen) atoms. The second-order valence-electron chi connectivity index (χ2n) is 6.52. The smallest absolute Gasteiger partial charge is 0.243 e. The Morgan fingerprint density at radius 3 is 2.54 bits per heavy atom. The van der Waals surface area contributed by atoms with Crippen LogP contribution < -0.4 is 4.74 Å². The lowest BCUT2D eigenvalue weighted by molar-refractivity contribution is -0.138. The first-order valence-electron chi connectivity index (χ1n) is 8.52. The van der Waals surface area contributed by atoms with Crippen molar-refractivity contribution in [2.45, 2.75) is 17.4 Å². The van der Waals surface area contributed by atoms with Crippen LogP contribution in [0.1, 0.15) is 17.2 Å². The van der Waals surface area contributed by atoms with E-state index in [1.807, 2.05) is 29.2 Å². The first-order chi connectivity index (χ1) is 12.5. The number of nitrogens with zero attached hydrogens (tertiary/aromatic N) is 2. The molecule has 1 saturated heterocycles. The van der Waals surface area contributed by atoms with Crippen LogP contribution in [-0.2, 0) is 21.2 Å². The largest absolute Gasteiger partial charge is 0.497 e. The number of fused-ring (bicyclic) bond motifs is 3. The number of methoxy groups -OCH3 is 1. The van der Waals surface area contributed by atoms with Crippen LogP contribution in [0.4, 0.5) is 0 Å². The van der Waals surface area contributed by atoms with E-state index < -0.39 is 10.0 Å². The van der Waals surface area contributed by atoms with Crippen molar-refractivity contribution in [3.8, 4) is 5.75 Å². The fourth-order valence-corrected chi connectivity index (χ4v) is 5.12. The molecule has 0 radical (unpaired) electrons. The van der Waals surface area contributed by atoms with Gasteiger partial charge in [0.1, 0.15) is 5.75 Å². The first-order valence-corrected chi connectivity index (χ1v) is 9.96. The van der Waals surface area contributed by atoms with Gasteiger partial charge in [-0.15, -0.1) is 0 Å². The van der Waals surface area contributed by atoms with Gasteiger partial charge in [-0.3, -0.25) is 4.79 Å². The molecule has 0 spiro atoms. The second kappa shape index (κ2) is 6.41. The van der Waals surface area contributed by atoms with Gasteiger partial charge in [-0.25, -0.2) is 8.42 Å². The summed E-state index contributed by atoms with van der Waals surface area (Å²) in [6.07, 6.45) is 0.809. The third-order valence-corrected chi connectivity index (χ3v) is 6.94.